The molecule has 94 valence electrons. The number of nitrogens with one attached hydrogen (secondary N) is 1. The molecule has 0 aliphatic heterocycles. The molecule has 0 saturated carbocycles. The molecular formula is C9H12ClN3O4. The van der Waals surface area contributed by atoms with Gasteiger partial charge in [0.15, 0.2) is 0 Å². The van der Waals surface area contributed by atoms with E-state index in [0.717, 1.165) is 6.07 Å². The molecular weight excluding hydrogens is 250 g/mol. The van der Waals surface area contributed by atoms with E-state index in [0.29, 0.717) is 0 Å². The molecule has 0 saturated heterocycles. The summed E-state index contributed by atoms with van der Waals surface area (Å²) in [5.74, 6) is -0.00637. The summed E-state index contributed by atoms with van der Waals surface area (Å²) in [5.41, 5.74) is -1.67. The van der Waals surface area contributed by atoms with Crippen molar-refractivity contribution in [3.05, 3.63) is 27.4 Å². The maximum atomic E-state index is 10.7. The molecule has 0 aliphatic carbocycles. The molecule has 1 rings (SSSR count). The van der Waals surface area contributed by atoms with Crippen LogP contribution in [0.3, 0.4) is 0 Å². The Morgan fingerprint density at radius 2 is 2.35 bits per heavy atom. The fraction of sp³-hybridized carbons (Fsp3) is 0.444. The average Bonchev–Trinajstić information content (AvgIpc) is 2.27. The number of rotatable bonds is 5. The van der Waals surface area contributed by atoms with Crippen LogP contribution in [0.25, 0.3) is 0 Å². The second-order valence-corrected chi connectivity index (χ2v) is 4.22. The summed E-state index contributed by atoms with van der Waals surface area (Å²) < 4.78 is 0. The third-order valence-corrected chi connectivity index (χ3v) is 2.21. The van der Waals surface area contributed by atoms with E-state index in [1.54, 1.807) is 0 Å². The molecule has 8 heteroatoms. The van der Waals surface area contributed by atoms with Crippen molar-refractivity contribution in [2.75, 3.05) is 18.5 Å². The standard InChI is InChI=1S/C9H12ClN3O4/c1-9(15,5-14)4-12-8-7(13(16)17)2-6(10)3-11-8/h2-3,14-15H,4-5H2,1H3,(H,11,12). The summed E-state index contributed by atoms with van der Waals surface area (Å²) in [6.45, 7) is 0.849. The van der Waals surface area contributed by atoms with Gasteiger partial charge >= 0.3 is 5.69 Å². The van der Waals surface area contributed by atoms with Gasteiger partial charge in [-0.25, -0.2) is 4.98 Å². The number of hydrogen-bond acceptors (Lipinski definition) is 6. The Balaban J connectivity index is 2.88. The highest BCUT2D eigenvalue weighted by molar-refractivity contribution is 6.30. The van der Waals surface area contributed by atoms with Crippen molar-refractivity contribution in [1.82, 2.24) is 4.98 Å². The largest absolute Gasteiger partial charge is 0.393 e. The van der Waals surface area contributed by atoms with Gasteiger partial charge in [-0.2, -0.15) is 0 Å². The summed E-state index contributed by atoms with van der Waals surface area (Å²) >= 11 is 5.59. The fourth-order valence-electron chi connectivity index (χ4n) is 1.03. The van der Waals surface area contributed by atoms with Crippen molar-refractivity contribution in [3.8, 4) is 0 Å². The summed E-state index contributed by atoms with van der Waals surface area (Å²) in [4.78, 5) is 13.9. The number of aliphatic hydroxyl groups excluding tert-OH is 1. The molecule has 0 amide bonds. The maximum Gasteiger partial charge on any atom is 0.312 e. The molecule has 1 atom stereocenters. The molecule has 1 aromatic heterocycles. The number of halogens is 1. The predicted octanol–water partition coefficient (Wildman–Crippen LogP) is 0.798. The minimum Gasteiger partial charge on any atom is -0.393 e. The monoisotopic (exact) mass is 261 g/mol. The number of anilines is 1. The van der Waals surface area contributed by atoms with Crippen molar-refractivity contribution in [2.45, 2.75) is 12.5 Å². The van der Waals surface area contributed by atoms with Gasteiger partial charge in [0.1, 0.15) is 5.60 Å². The summed E-state index contributed by atoms with van der Waals surface area (Å²) in [6, 6.07) is 1.16. The zero-order valence-electron chi connectivity index (χ0n) is 9.05. The maximum absolute atomic E-state index is 10.7. The SMILES string of the molecule is CC(O)(CO)CNc1ncc(Cl)cc1[N+](=O)[O-]. The average molecular weight is 262 g/mol. The second-order valence-electron chi connectivity index (χ2n) is 3.79. The molecule has 1 unspecified atom stereocenters. The van der Waals surface area contributed by atoms with Gasteiger partial charge in [0.25, 0.3) is 0 Å². The molecule has 3 N–H and O–H groups in total. The van der Waals surface area contributed by atoms with Crippen molar-refractivity contribution in [3.63, 3.8) is 0 Å². The highest BCUT2D eigenvalue weighted by atomic mass is 35.5. The van der Waals surface area contributed by atoms with Gasteiger partial charge in [0, 0.05) is 18.8 Å². The first kappa shape index (κ1) is 13.6. The van der Waals surface area contributed by atoms with Gasteiger partial charge in [-0.05, 0) is 6.92 Å². The second kappa shape index (κ2) is 5.26. The van der Waals surface area contributed by atoms with Crippen LogP contribution in [0.1, 0.15) is 6.92 Å². The van der Waals surface area contributed by atoms with E-state index in [2.05, 4.69) is 10.3 Å². The minimum atomic E-state index is -1.38. The zero-order chi connectivity index (χ0) is 13.1. The molecule has 1 aromatic rings. The Labute approximate surface area is 102 Å². The van der Waals surface area contributed by atoms with E-state index in [9.17, 15) is 15.2 Å². The molecule has 0 aliphatic rings. The van der Waals surface area contributed by atoms with Crippen molar-refractivity contribution in [1.29, 1.82) is 0 Å². The predicted molar refractivity (Wildman–Crippen MR) is 62.1 cm³/mol. The van der Waals surface area contributed by atoms with E-state index >= 15 is 0 Å². The van der Waals surface area contributed by atoms with E-state index < -0.39 is 17.1 Å². The van der Waals surface area contributed by atoms with E-state index in [1.165, 1.54) is 13.1 Å². The Bertz CT molecular complexity index is 425. The lowest BCUT2D eigenvalue weighted by atomic mass is 10.1. The first-order chi connectivity index (χ1) is 7.85. The molecule has 0 fully saturated rings. The molecule has 1 heterocycles. The first-order valence-corrected chi connectivity index (χ1v) is 5.10. The molecule has 0 bridgehead atoms. The van der Waals surface area contributed by atoms with E-state index in [4.69, 9.17) is 16.7 Å². The smallest absolute Gasteiger partial charge is 0.312 e. The number of nitro groups is 1. The first-order valence-electron chi connectivity index (χ1n) is 4.73. The summed E-state index contributed by atoms with van der Waals surface area (Å²) in [7, 11) is 0. The minimum absolute atomic E-state index is 0.00637. The van der Waals surface area contributed by atoms with Crippen LogP contribution in [0.15, 0.2) is 12.3 Å². The van der Waals surface area contributed by atoms with Gasteiger partial charge in [-0.1, -0.05) is 11.6 Å². The van der Waals surface area contributed by atoms with Crippen LogP contribution in [0.5, 0.6) is 0 Å². The Morgan fingerprint density at radius 3 is 2.88 bits per heavy atom. The third kappa shape index (κ3) is 3.81. The van der Waals surface area contributed by atoms with Crippen molar-refractivity contribution in [2.24, 2.45) is 0 Å². The van der Waals surface area contributed by atoms with Gasteiger partial charge < -0.3 is 15.5 Å². The number of nitrogens with zero attached hydrogens (tertiary/aromatic N) is 2. The van der Waals surface area contributed by atoms with Crippen LogP contribution in [0.4, 0.5) is 11.5 Å². The molecule has 0 radical (unpaired) electrons. The van der Waals surface area contributed by atoms with Crippen LogP contribution in [-0.2, 0) is 0 Å². The Hall–Kier alpha value is -1.44. The van der Waals surface area contributed by atoms with Gasteiger partial charge in [-0.15, -0.1) is 0 Å². The van der Waals surface area contributed by atoms with Crippen molar-refractivity contribution >= 4 is 23.1 Å². The van der Waals surface area contributed by atoms with Crippen LogP contribution < -0.4 is 5.32 Å². The van der Waals surface area contributed by atoms with Crippen LogP contribution >= 0.6 is 11.6 Å². The Kier molecular flexibility index (Phi) is 4.22. The Morgan fingerprint density at radius 1 is 1.71 bits per heavy atom. The fourth-order valence-corrected chi connectivity index (χ4v) is 1.19. The quantitative estimate of drug-likeness (QED) is 0.534. The van der Waals surface area contributed by atoms with E-state index in [1.807, 2.05) is 0 Å². The lowest BCUT2D eigenvalue weighted by molar-refractivity contribution is -0.384. The molecule has 17 heavy (non-hydrogen) atoms. The summed E-state index contributed by atoms with van der Waals surface area (Å²) in [5, 5.41) is 31.8. The van der Waals surface area contributed by atoms with Gasteiger partial charge in [0.2, 0.25) is 5.82 Å². The van der Waals surface area contributed by atoms with Gasteiger partial charge in [0.05, 0.1) is 16.6 Å². The van der Waals surface area contributed by atoms with Crippen LogP contribution in [0.2, 0.25) is 5.02 Å². The zero-order valence-corrected chi connectivity index (χ0v) is 9.81. The molecule has 0 aromatic carbocycles. The number of aromatic nitrogens is 1. The lowest BCUT2D eigenvalue weighted by Crippen LogP contribution is -2.37. The van der Waals surface area contributed by atoms with E-state index in [-0.39, 0.29) is 23.1 Å². The topological polar surface area (TPSA) is 109 Å². The van der Waals surface area contributed by atoms with Crippen LogP contribution in [0, 0.1) is 10.1 Å². The highest BCUT2D eigenvalue weighted by Crippen LogP contribution is 2.25. The molecule has 0 spiro atoms. The van der Waals surface area contributed by atoms with Gasteiger partial charge in [-0.3, -0.25) is 10.1 Å². The molecule has 7 nitrogen and oxygen atoms in total. The number of pyridine rings is 1. The normalized spacial score (nSPS) is 14.1. The van der Waals surface area contributed by atoms with Crippen molar-refractivity contribution < 1.29 is 15.1 Å². The highest BCUT2D eigenvalue weighted by Gasteiger charge is 2.22. The number of aliphatic hydroxyl groups is 2. The lowest BCUT2D eigenvalue weighted by Gasteiger charge is -2.20. The van der Waals surface area contributed by atoms with Crippen LogP contribution in [-0.4, -0.2) is 38.9 Å². The number of hydrogen-bond donors (Lipinski definition) is 3. The third-order valence-electron chi connectivity index (χ3n) is 2.01. The summed E-state index contributed by atoms with van der Waals surface area (Å²) in [6.07, 6.45) is 1.25.